The van der Waals surface area contributed by atoms with Crippen LogP contribution >= 0.6 is 54.8 Å². The number of para-hydroxylation sites is 1. The number of thiophene rings is 1. The SMILES string of the molecule is Clc1c(CNc2c(Br)cccc2Br)sc2ccccc12. The normalized spacial score (nSPS) is 10.9. The fourth-order valence-electron chi connectivity index (χ4n) is 2.01. The Morgan fingerprint density at radius 2 is 1.70 bits per heavy atom. The minimum atomic E-state index is 0.708. The number of hydrogen-bond acceptors (Lipinski definition) is 2. The summed E-state index contributed by atoms with van der Waals surface area (Å²) in [5.41, 5.74) is 1.04. The van der Waals surface area contributed by atoms with Crippen LogP contribution in [0.4, 0.5) is 5.69 Å². The lowest BCUT2D eigenvalue weighted by atomic mass is 10.2. The number of rotatable bonds is 3. The van der Waals surface area contributed by atoms with E-state index in [2.05, 4.69) is 49.3 Å². The van der Waals surface area contributed by atoms with Crippen molar-refractivity contribution >= 4 is 70.6 Å². The maximum absolute atomic E-state index is 6.45. The number of nitrogens with one attached hydrogen (secondary N) is 1. The van der Waals surface area contributed by atoms with Gasteiger partial charge in [-0.25, -0.2) is 0 Å². The number of benzene rings is 2. The molecule has 2 aromatic carbocycles. The summed E-state index contributed by atoms with van der Waals surface area (Å²) >= 11 is 15.3. The summed E-state index contributed by atoms with van der Waals surface area (Å²) in [4.78, 5) is 1.15. The summed E-state index contributed by atoms with van der Waals surface area (Å²) in [5.74, 6) is 0. The predicted molar refractivity (Wildman–Crippen MR) is 96.0 cm³/mol. The highest BCUT2D eigenvalue weighted by molar-refractivity contribution is 9.11. The van der Waals surface area contributed by atoms with Gasteiger partial charge in [0.15, 0.2) is 0 Å². The Kier molecular flexibility index (Phi) is 4.36. The molecule has 0 atom stereocenters. The van der Waals surface area contributed by atoms with Crippen molar-refractivity contribution in [2.45, 2.75) is 6.54 Å². The average Bonchev–Trinajstić information content (AvgIpc) is 2.76. The lowest BCUT2D eigenvalue weighted by molar-refractivity contribution is 1.18. The zero-order valence-electron chi connectivity index (χ0n) is 10.3. The van der Waals surface area contributed by atoms with E-state index < -0.39 is 0 Å². The molecule has 1 aromatic heterocycles. The zero-order valence-corrected chi connectivity index (χ0v) is 15.0. The number of hydrogen-bond donors (Lipinski definition) is 1. The number of anilines is 1. The Labute approximate surface area is 143 Å². The van der Waals surface area contributed by atoms with E-state index in [0.717, 1.165) is 29.9 Å². The van der Waals surface area contributed by atoms with E-state index in [4.69, 9.17) is 11.6 Å². The molecule has 0 amide bonds. The minimum absolute atomic E-state index is 0.708. The third-order valence-corrected chi connectivity index (χ3v) is 6.03. The van der Waals surface area contributed by atoms with Gasteiger partial charge in [-0.3, -0.25) is 0 Å². The Morgan fingerprint density at radius 3 is 2.40 bits per heavy atom. The van der Waals surface area contributed by atoms with Crippen molar-refractivity contribution in [1.29, 1.82) is 0 Å². The van der Waals surface area contributed by atoms with Crippen molar-refractivity contribution in [3.05, 3.63) is 61.3 Å². The monoisotopic (exact) mass is 429 g/mol. The Hall–Kier alpha value is -0.550. The molecular weight excluding hydrogens is 422 g/mol. The van der Waals surface area contributed by atoms with E-state index >= 15 is 0 Å². The van der Waals surface area contributed by atoms with Gasteiger partial charge in [0.05, 0.1) is 17.3 Å². The van der Waals surface area contributed by atoms with E-state index in [-0.39, 0.29) is 0 Å². The summed E-state index contributed by atoms with van der Waals surface area (Å²) in [6.07, 6.45) is 0. The molecule has 0 radical (unpaired) electrons. The second kappa shape index (κ2) is 6.06. The van der Waals surface area contributed by atoms with Gasteiger partial charge in [0, 0.05) is 23.9 Å². The second-order valence-electron chi connectivity index (χ2n) is 4.29. The maximum Gasteiger partial charge on any atom is 0.0642 e. The molecule has 102 valence electrons. The molecule has 5 heteroatoms. The summed E-state index contributed by atoms with van der Waals surface area (Å²) < 4.78 is 3.29. The molecule has 1 N–H and O–H groups in total. The molecule has 0 aliphatic heterocycles. The molecule has 0 aliphatic carbocycles. The van der Waals surface area contributed by atoms with Crippen molar-refractivity contribution in [2.75, 3.05) is 5.32 Å². The fraction of sp³-hybridized carbons (Fsp3) is 0.0667. The van der Waals surface area contributed by atoms with E-state index in [1.54, 1.807) is 11.3 Å². The first-order valence-corrected chi connectivity index (χ1v) is 8.78. The first-order valence-electron chi connectivity index (χ1n) is 6.00. The van der Waals surface area contributed by atoms with E-state index in [1.807, 2.05) is 30.3 Å². The molecule has 3 aromatic rings. The van der Waals surface area contributed by atoms with Crippen molar-refractivity contribution in [1.82, 2.24) is 0 Å². The highest BCUT2D eigenvalue weighted by Crippen LogP contribution is 2.37. The van der Waals surface area contributed by atoms with Gasteiger partial charge in [0.1, 0.15) is 0 Å². The molecule has 0 saturated heterocycles. The smallest absolute Gasteiger partial charge is 0.0642 e. The van der Waals surface area contributed by atoms with Gasteiger partial charge in [-0.1, -0.05) is 35.9 Å². The summed E-state index contributed by atoms with van der Waals surface area (Å²) in [6, 6.07) is 14.2. The van der Waals surface area contributed by atoms with Crippen LogP contribution in [0.15, 0.2) is 51.4 Å². The van der Waals surface area contributed by atoms with Crippen LogP contribution in [0.25, 0.3) is 10.1 Å². The summed E-state index contributed by atoms with van der Waals surface area (Å²) in [6.45, 7) is 0.708. The Balaban J connectivity index is 1.89. The van der Waals surface area contributed by atoms with Crippen molar-refractivity contribution in [2.24, 2.45) is 0 Å². The average molecular weight is 432 g/mol. The van der Waals surface area contributed by atoms with Gasteiger partial charge in [-0.15, -0.1) is 11.3 Å². The van der Waals surface area contributed by atoms with Crippen molar-refractivity contribution < 1.29 is 0 Å². The first kappa shape index (κ1) is 14.4. The van der Waals surface area contributed by atoms with Crippen LogP contribution in [0.2, 0.25) is 5.02 Å². The topological polar surface area (TPSA) is 12.0 Å². The quantitative estimate of drug-likeness (QED) is 0.487. The molecular formula is C15H10Br2ClNS. The van der Waals surface area contributed by atoms with Gasteiger partial charge < -0.3 is 5.32 Å². The van der Waals surface area contributed by atoms with Crippen LogP contribution in [0, 0.1) is 0 Å². The van der Waals surface area contributed by atoms with Crippen LogP contribution in [-0.4, -0.2) is 0 Å². The second-order valence-corrected chi connectivity index (χ2v) is 7.51. The van der Waals surface area contributed by atoms with Crippen LogP contribution in [-0.2, 0) is 6.54 Å². The van der Waals surface area contributed by atoms with E-state index in [0.29, 0.717) is 6.54 Å². The highest BCUT2D eigenvalue weighted by Gasteiger charge is 2.11. The van der Waals surface area contributed by atoms with Gasteiger partial charge in [0.2, 0.25) is 0 Å². The van der Waals surface area contributed by atoms with Crippen LogP contribution in [0.5, 0.6) is 0 Å². The fourth-order valence-corrected chi connectivity index (χ4v) is 4.73. The Morgan fingerprint density at radius 1 is 1.00 bits per heavy atom. The maximum atomic E-state index is 6.45. The van der Waals surface area contributed by atoms with Gasteiger partial charge >= 0.3 is 0 Å². The largest absolute Gasteiger partial charge is 0.378 e. The Bertz CT molecular complexity index is 749. The lowest BCUT2D eigenvalue weighted by Gasteiger charge is -2.09. The lowest BCUT2D eigenvalue weighted by Crippen LogP contribution is -1.99. The van der Waals surface area contributed by atoms with Gasteiger partial charge in [-0.2, -0.15) is 0 Å². The standard InChI is InChI=1S/C15H10Br2ClNS/c16-10-5-3-6-11(17)15(10)19-8-13-14(18)9-4-1-2-7-12(9)20-13/h1-7,19H,8H2. The molecule has 1 nitrogen and oxygen atoms in total. The molecule has 20 heavy (non-hydrogen) atoms. The molecule has 0 bridgehead atoms. The third kappa shape index (κ3) is 2.75. The molecule has 0 saturated carbocycles. The number of halogens is 3. The van der Waals surface area contributed by atoms with Crippen LogP contribution in [0.1, 0.15) is 4.88 Å². The van der Waals surface area contributed by atoms with E-state index in [1.165, 1.54) is 4.70 Å². The molecule has 1 heterocycles. The predicted octanol–water partition coefficient (Wildman–Crippen LogP) is 6.69. The zero-order chi connectivity index (χ0) is 14.1. The minimum Gasteiger partial charge on any atom is -0.378 e. The van der Waals surface area contributed by atoms with Crippen molar-refractivity contribution in [3.63, 3.8) is 0 Å². The molecule has 0 aliphatic rings. The van der Waals surface area contributed by atoms with E-state index in [9.17, 15) is 0 Å². The van der Waals surface area contributed by atoms with Crippen LogP contribution < -0.4 is 5.32 Å². The molecule has 0 unspecified atom stereocenters. The van der Waals surface area contributed by atoms with Gasteiger partial charge in [0.25, 0.3) is 0 Å². The summed E-state index contributed by atoms with van der Waals surface area (Å²) in [7, 11) is 0. The molecule has 0 fully saturated rings. The summed E-state index contributed by atoms with van der Waals surface area (Å²) in [5, 5.41) is 5.41. The third-order valence-electron chi connectivity index (χ3n) is 2.99. The van der Waals surface area contributed by atoms with Gasteiger partial charge in [-0.05, 0) is 50.1 Å². The molecule has 0 spiro atoms. The van der Waals surface area contributed by atoms with Crippen LogP contribution in [0.3, 0.4) is 0 Å². The highest BCUT2D eigenvalue weighted by atomic mass is 79.9. The number of fused-ring (bicyclic) bond motifs is 1. The molecule has 3 rings (SSSR count). The first-order chi connectivity index (χ1) is 9.66. The van der Waals surface area contributed by atoms with Crippen molar-refractivity contribution in [3.8, 4) is 0 Å².